The Bertz CT molecular complexity index is 1020. The number of benzene rings is 1. The van der Waals surface area contributed by atoms with E-state index in [1.165, 1.54) is 19.2 Å². The van der Waals surface area contributed by atoms with Gasteiger partial charge in [-0.3, -0.25) is 9.59 Å². The Hall–Kier alpha value is -3.34. The monoisotopic (exact) mass is 581 g/mol. The van der Waals surface area contributed by atoms with E-state index in [4.69, 9.17) is 34.2 Å². The summed E-state index contributed by atoms with van der Waals surface area (Å²) in [6.45, 7) is 14.8. The SMILES string of the molecule is CCC(C)CC(=O)OCC[C@@](N)(Cc1ccc(OC(=O)O[C@@H](C)C(C)C)c(OC(=O)OC(C)C(C)C)c1)C(=O)OC. The maximum atomic E-state index is 12.7. The van der Waals surface area contributed by atoms with Crippen LogP contribution >= 0.6 is 0 Å². The number of nitrogens with two attached hydrogens (primary N) is 1. The van der Waals surface area contributed by atoms with Crippen LogP contribution in [0.1, 0.15) is 80.2 Å². The first kappa shape index (κ1) is 35.7. The molecule has 0 fully saturated rings. The molecular weight excluding hydrogens is 534 g/mol. The molecule has 0 aliphatic carbocycles. The van der Waals surface area contributed by atoms with E-state index in [1.807, 2.05) is 41.5 Å². The van der Waals surface area contributed by atoms with Gasteiger partial charge in [-0.25, -0.2) is 9.59 Å². The molecule has 0 saturated carbocycles. The van der Waals surface area contributed by atoms with Crippen molar-refractivity contribution in [1.82, 2.24) is 0 Å². The third-order valence-corrected chi connectivity index (χ3v) is 6.97. The van der Waals surface area contributed by atoms with E-state index in [0.717, 1.165) is 6.42 Å². The number of methoxy groups -OCH3 is 1. The van der Waals surface area contributed by atoms with Crippen molar-refractivity contribution in [3.8, 4) is 11.5 Å². The number of hydrogen-bond donors (Lipinski definition) is 1. The Morgan fingerprint density at radius 1 is 0.854 bits per heavy atom. The minimum absolute atomic E-state index is 0.0201. The zero-order valence-electron chi connectivity index (χ0n) is 25.8. The number of ether oxygens (including phenoxy) is 6. The zero-order chi connectivity index (χ0) is 31.3. The molecule has 0 heterocycles. The highest BCUT2D eigenvalue weighted by atomic mass is 16.8. The zero-order valence-corrected chi connectivity index (χ0v) is 25.8. The maximum absolute atomic E-state index is 12.7. The molecular formula is C30H47NO10. The highest BCUT2D eigenvalue weighted by molar-refractivity contribution is 5.81. The fraction of sp³-hybridized carbons (Fsp3) is 0.667. The lowest BCUT2D eigenvalue weighted by atomic mass is 9.88. The van der Waals surface area contributed by atoms with E-state index in [9.17, 15) is 19.2 Å². The smallest absolute Gasteiger partial charge is 0.468 e. The predicted molar refractivity (Wildman–Crippen MR) is 152 cm³/mol. The lowest BCUT2D eigenvalue weighted by Crippen LogP contribution is -2.51. The molecule has 1 rings (SSSR count). The summed E-state index contributed by atoms with van der Waals surface area (Å²) in [6.07, 6.45) is -1.82. The van der Waals surface area contributed by atoms with Gasteiger partial charge >= 0.3 is 24.2 Å². The lowest BCUT2D eigenvalue weighted by Gasteiger charge is -2.27. The Morgan fingerprint density at radius 3 is 1.88 bits per heavy atom. The molecule has 41 heavy (non-hydrogen) atoms. The van der Waals surface area contributed by atoms with Gasteiger partial charge in [0.15, 0.2) is 11.5 Å². The fourth-order valence-electron chi connectivity index (χ4n) is 3.29. The van der Waals surface area contributed by atoms with Crippen molar-refractivity contribution in [3.63, 3.8) is 0 Å². The molecule has 1 aromatic carbocycles. The van der Waals surface area contributed by atoms with Crippen LogP contribution in [0.4, 0.5) is 9.59 Å². The van der Waals surface area contributed by atoms with Crippen LogP contribution in [0.3, 0.4) is 0 Å². The molecule has 0 amide bonds. The molecule has 4 atom stereocenters. The minimum atomic E-state index is -1.57. The molecule has 0 aromatic heterocycles. The highest BCUT2D eigenvalue weighted by Gasteiger charge is 2.36. The van der Waals surface area contributed by atoms with Crippen molar-refractivity contribution in [2.75, 3.05) is 13.7 Å². The Morgan fingerprint density at radius 2 is 1.39 bits per heavy atom. The average molecular weight is 582 g/mol. The van der Waals surface area contributed by atoms with Gasteiger partial charge in [-0.05, 0) is 49.3 Å². The number of carbonyl (C=O) groups excluding carboxylic acids is 4. The van der Waals surface area contributed by atoms with E-state index in [2.05, 4.69) is 0 Å². The first-order chi connectivity index (χ1) is 19.1. The Labute approximate surface area is 243 Å². The molecule has 0 spiro atoms. The molecule has 0 aliphatic rings. The minimum Gasteiger partial charge on any atom is -0.468 e. The molecule has 0 radical (unpaired) electrons. The molecule has 232 valence electrons. The van der Waals surface area contributed by atoms with Gasteiger partial charge in [0.1, 0.15) is 17.7 Å². The summed E-state index contributed by atoms with van der Waals surface area (Å²) in [5.41, 5.74) is 5.34. The van der Waals surface area contributed by atoms with E-state index < -0.39 is 36.0 Å². The van der Waals surface area contributed by atoms with Crippen molar-refractivity contribution >= 4 is 24.2 Å². The van der Waals surface area contributed by atoms with Crippen molar-refractivity contribution in [3.05, 3.63) is 23.8 Å². The van der Waals surface area contributed by atoms with Gasteiger partial charge in [-0.2, -0.15) is 0 Å². The summed E-state index contributed by atoms with van der Waals surface area (Å²) in [4.78, 5) is 49.7. The van der Waals surface area contributed by atoms with Gasteiger partial charge in [-0.1, -0.05) is 54.0 Å². The summed E-state index contributed by atoms with van der Waals surface area (Å²) in [7, 11) is 1.21. The first-order valence-corrected chi connectivity index (χ1v) is 14.0. The lowest BCUT2D eigenvalue weighted by molar-refractivity contribution is -0.151. The van der Waals surface area contributed by atoms with Crippen molar-refractivity contribution < 1.29 is 47.6 Å². The van der Waals surface area contributed by atoms with Crippen molar-refractivity contribution in [2.24, 2.45) is 23.5 Å². The van der Waals surface area contributed by atoms with Crippen molar-refractivity contribution in [2.45, 2.75) is 98.8 Å². The summed E-state index contributed by atoms with van der Waals surface area (Å²) in [5, 5.41) is 0. The summed E-state index contributed by atoms with van der Waals surface area (Å²) in [6, 6.07) is 4.37. The van der Waals surface area contributed by atoms with Gasteiger partial charge in [0.2, 0.25) is 0 Å². The third-order valence-electron chi connectivity index (χ3n) is 6.97. The Kier molecular flexibility index (Phi) is 14.6. The molecule has 2 unspecified atom stereocenters. The Balaban J connectivity index is 3.21. The highest BCUT2D eigenvalue weighted by Crippen LogP contribution is 2.32. The molecule has 11 nitrogen and oxygen atoms in total. The molecule has 11 heteroatoms. The van der Waals surface area contributed by atoms with Gasteiger partial charge < -0.3 is 34.2 Å². The number of esters is 2. The molecule has 2 N–H and O–H groups in total. The van der Waals surface area contributed by atoms with Crippen molar-refractivity contribution in [1.29, 1.82) is 0 Å². The predicted octanol–water partition coefficient (Wildman–Crippen LogP) is 5.59. The second kappa shape index (κ2) is 16.8. The largest absolute Gasteiger partial charge is 0.514 e. The van der Waals surface area contributed by atoms with Crippen LogP contribution in [0, 0.1) is 17.8 Å². The molecule has 0 bridgehead atoms. The van der Waals surface area contributed by atoms with Gasteiger partial charge in [-0.15, -0.1) is 0 Å². The molecule has 0 aliphatic heterocycles. The number of carbonyl (C=O) groups is 4. The van der Waals surface area contributed by atoms with Crippen LogP contribution in [0.5, 0.6) is 11.5 Å². The molecule has 0 saturated heterocycles. The standard InChI is InChI=1S/C30H47NO10/c1-10-20(6)15-26(32)37-14-13-30(31,27(33)36-9)17-23-11-12-24(40-28(34)38-21(7)18(2)3)25(16-23)41-29(35)39-22(8)19(4)5/h11-12,16,18-22H,10,13-15,17,31H2,1-9H3/t20?,21-,22?,30+/m0/s1. The second-order valence-electron chi connectivity index (χ2n) is 11.1. The summed E-state index contributed by atoms with van der Waals surface area (Å²) in [5.74, 6) is -1.06. The fourth-order valence-corrected chi connectivity index (χ4v) is 3.29. The number of rotatable bonds is 15. The van der Waals surface area contributed by atoms with E-state index in [-0.39, 0.29) is 61.1 Å². The van der Waals surface area contributed by atoms with E-state index >= 15 is 0 Å². The van der Waals surface area contributed by atoms with Gasteiger partial charge in [0.25, 0.3) is 0 Å². The second-order valence-corrected chi connectivity index (χ2v) is 11.1. The van der Waals surface area contributed by atoms with E-state index in [0.29, 0.717) is 5.56 Å². The van der Waals surface area contributed by atoms with Crippen LogP contribution < -0.4 is 15.2 Å². The quantitative estimate of drug-likeness (QED) is 0.157. The third kappa shape index (κ3) is 12.4. The van der Waals surface area contributed by atoms with Crippen LogP contribution in [-0.2, 0) is 35.0 Å². The average Bonchev–Trinajstić information content (AvgIpc) is 2.89. The van der Waals surface area contributed by atoms with Crippen LogP contribution in [0.15, 0.2) is 18.2 Å². The number of hydrogen-bond acceptors (Lipinski definition) is 11. The maximum Gasteiger partial charge on any atom is 0.514 e. The summed E-state index contributed by atoms with van der Waals surface area (Å²) >= 11 is 0. The first-order valence-electron chi connectivity index (χ1n) is 14.0. The normalized spacial score (nSPS) is 14.8. The molecule has 1 aromatic rings. The van der Waals surface area contributed by atoms with Crippen LogP contribution in [0.2, 0.25) is 0 Å². The van der Waals surface area contributed by atoms with E-state index in [1.54, 1.807) is 19.9 Å². The summed E-state index contributed by atoms with van der Waals surface area (Å²) < 4.78 is 31.5. The van der Waals surface area contributed by atoms with Crippen LogP contribution in [0.25, 0.3) is 0 Å². The topological polar surface area (TPSA) is 150 Å². The van der Waals surface area contributed by atoms with Gasteiger partial charge in [0.05, 0.1) is 13.7 Å². The van der Waals surface area contributed by atoms with Crippen LogP contribution in [-0.4, -0.2) is 55.7 Å². The van der Waals surface area contributed by atoms with Gasteiger partial charge in [0, 0.05) is 19.3 Å².